The monoisotopic (exact) mass is 453 g/mol. The number of allylic oxidation sites excluding steroid dienone is 1. The third kappa shape index (κ3) is 8.33. The number of ether oxygens (including phenoxy) is 3. The molecule has 180 valence electrons. The number of Topliss-reactive ketones (excluding diaryl/α,β-unsaturated/α-hetero) is 1. The normalized spacial score (nSPS) is 24.7. The van der Waals surface area contributed by atoms with E-state index in [0.29, 0.717) is 65.2 Å². The van der Waals surface area contributed by atoms with Crippen molar-refractivity contribution < 1.29 is 33.4 Å². The molecule has 1 aliphatic heterocycles. The first-order valence-electron chi connectivity index (χ1n) is 11.2. The molecule has 1 aliphatic carbocycles. The van der Waals surface area contributed by atoms with Crippen molar-refractivity contribution in [1.29, 1.82) is 0 Å². The highest BCUT2D eigenvalue weighted by Crippen LogP contribution is 2.34. The molecule has 1 fully saturated rings. The van der Waals surface area contributed by atoms with Crippen molar-refractivity contribution >= 4 is 23.7 Å². The number of carbonyl (C=O) groups is 4. The molecule has 1 saturated heterocycles. The summed E-state index contributed by atoms with van der Waals surface area (Å²) >= 11 is 0. The highest BCUT2D eigenvalue weighted by atomic mass is 16.6. The SMILES string of the molecule is C[C@]1(C(=O)CN2C(=O)CCC2=O)CC/C=C/[C@@H](OC(=O)NCCOCCOCCN)CC1. The lowest BCUT2D eigenvalue weighted by Crippen LogP contribution is -2.42. The minimum absolute atomic E-state index is 0.132. The predicted octanol–water partition coefficient (Wildman–Crippen LogP) is 0.928. The molecule has 10 heteroatoms. The average molecular weight is 454 g/mol. The van der Waals surface area contributed by atoms with Crippen LogP contribution in [-0.2, 0) is 28.6 Å². The number of ketones is 1. The van der Waals surface area contributed by atoms with Crippen molar-refractivity contribution in [3.8, 4) is 0 Å². The zero-order valence-corrected chi connectivity index (χ0v) is 18.8. The van der Waals surface area contributed by atoms with E-state index in [1.807, 2.05) is 19.1 Å². The highest BCUT2D eigenvalue weighted by molar-refractivity contribution is 6.05. The summed E-state index contributed by atoms with van der Waals surface area (Å²) in [5, 5.41) is 2.64. The van der Waals surface area contributed by atoms with Gasteiger partial charge in [0, 0.05) is 31.3 Å². The van der Waals surface area contributed by atoms with Gasteiger partial charge in [0.25, 0.3) is 0 Å². The van der Waals surface area contributed by atoms with Crippen LogP contribution in [0.25, 0.3) is 0 Å². The first kappa shape index (κ1) is 26.0. The minimum Gasteiger partial charge on any atom is -0.442 e. The first-order valence-corrected chi connectivity index (χ1v) is 11.2. The highest BCUT2D eigenvalue weighted by Gasteiger charge is 2.38. The van der Waals surface area contributed by atoms with Gasteiger partial charge in [-0.15, -0.1) is 0 Å². The Kier molecular flexibility index (Phi) is 10.8. The smallest absolute Gasteiger partial charge is 0.407 e. The Morgan fingerprint density at radius 2 is 1.81 bits per heavy atom. The Bertz CT molecular complexity index is 681. The number of alkyl carbamates (subject to hydrolysis) is 1. The van der Waals surface area contributed by atoms with Crippen LogP contribution in [0.4, 0.5) is 4.79 Å². The topological polar surface area (TPSA) is 137 Å². The van der Waals surface area contributed by atoms with Gasteiger partial charge in [-0.1, -0.05) is 13.0 Å². The molecule has 1 heterocycles. The number of nitrogens with one attached hydrogen (secondary N) is 1. The van der Waals surface area contributed by atoms with Gasteiger partial charge < -0.3 is 25.3 Å². The number of likely N-dealkylation sites (tertiary alicyclic amines) is 1. The number of amides is 3. The van der Waals surface area contributed by atoms with Gasteiger partial charge in [0.15, 0.2) is 5.78 Å². The number of imide groups is 1. The molecule has 3 amide bonds. The molecule has 0 aromatic heterocycles. The zero-order valence-electron chi connectivity index (χ0n) is 18.8. The van der Waals surface area contributed by atoms with Crippen LogP contribution in [0, 0.1) is 5.41 Å². The van der Waals surface area contributed by atoms with Crippen molar-refractivity contribution in [3.63, 3.8) is 0 Å². The molecule has 0 spiro atoms. The third-order valence-electron chi connectivity index (χ3n) is 5.73. The molecule has 2 rings (SSSR count). The maximum atomic E-state index is 12.9. The molecule has 2 atom stereocenters. The number of carbonyl (C=O) groups excluding carboxylic acids is 4. The number of nitrogens with zero attached hydrogens (tertiary/aromatic N) is 1. The van der Waals surface area contributed by atoms with Crippen molar-refractivity contribution in [3.05, 3.63) is 12.2 Å². The van der Waals surface area contributed by atoms with Crippen LogP contribution in [0.3, 0.4) is 0 Å². The maximum Gasteiger partial charge on any atom is 0.407 e. The largest absolute Gasteiger partial charge is 0.442 e. The van der Waals surface area contributed by atoms with Crippen LogP contribution in [-0.4, -0.2) is 80.8 Å². The van der Waals surface area contributed by atoms with Gasteiger partial charge in [-0.2, -0.15) is 0 Å². The van der Waals surface area contributed by atoms with E-state index in [4.69, 9.17) is 19.9 Å². The molecular weight excluding hydrogens is 418 g/mol. The lowest BCUT2D eigenvalue weighted by atomic mass is 9.75. The first-order chi connectivity index (χ1) is 15.4. The lowest BCUT2D eigenvalue weighted by molar-refractivity contribution is -0.144. The van der Waals surface area contributed by atoms with E-state index in [1.54, 1.807) is 0 Å². The van der Waals surface area contributed by atoms with Crippen LogP contribution in [0.15, 0.2) is 12.2 Å². The summed E-state index contributed by atoms with van der Waals surface area (Å²) in [7, 11) is 0. The molecule has 0 aromatic rings. The summed E-state index contributed by atoms with van der Waals surface area (Å²) in [6, 6.07) is 0. The summed E-state index contributed by atoms with van der Waals surface area (Å²) in [5.74, 6) is -0.711. The van der Waals surface area contributed by atoms with Crippen molar-refractivity contribution in [2.45, 2.75) is 51.6 Å². The van der Waals surface area contributed by atoms with Gasteiger partial charge in [-0.25, -0.2) is 4.79 Å². The van der Waals surface area contributed by atoms with E-state index < -0.39 is 17.6 Å². The lowest BCUT2D eigenvalue weighted by Gasteiger charge is -2.32. The molecule has 0 radical (unpaired) electrons. The molecule has 0 bridgehead atoms. The van der Waals surface area contributed by atoms with E-state index in [1.165, 1.54) is 0 Å². The summed E-state index contributed by atoms with van der Waals surface area (Å²) in [6.45, 7) is 4.14. The van der Waals surface area contributed by atoms with Gasteiger partial charge in [0.1, 0.15) is 6.10 Å². The fraction of sp³-hybridized carbons (Fsp3) is 0.727. The van der Waals surface area contributed by atoms with Crippen LogP contribution in [0.5, 0.6) is 0 Å². The van der Waals surface area contributed by atoms with Crippen LogP contribution < -0.4 is 11.1 Å². The molecule has 2 aliphatic rings. The quantitative estimate of drug-likeness (QED) is 0.253. The molecular formula is C22H35N3O7. The zero-order chi connectivity index (χ0) is 23.4. The van der Waals surface area contributed by atoms with Crippen LogP contribution >= 0.6 is 0 Å². The number of nitrogens with two attached hydrogens (primary N) is 1. The van der Waals surface area contributed by atoms with Crippen molar-refractivity contribution in [2.75, 3.05) is 46.1 Å². The third-order valence-corrected chi connectivity index (χ3v) is 5.73. The Balaban J connectivity index is 1.73. The van der Waals surface area contributed by atoms with E-state index in [2.05, 4.69) is 5.32 Å². The Hall–Kier alpha value is -2.30. The molecule has 3 N–H and O–H groups in total. The molecule has 10 nitrogen and oxygen atoms in total. The summed E-state index contributed by atoms with van der Waals surface area (Å²) in [5.41, 5.74) is 4.63. The van der Waals surface area contributed by atoms with Gasteiger partial charge in [0.05, 0.1) is 33.0 Å². The second kappa shape index (κ2) is 13.3. The Labute approximate surface area is 188 Å². The molecule has 0 aromatic carbocycles. The molecule has 0 unspecified atom stereocenters. The molecule has 32 heavy (non-hydrogen) atoms. The van der Waals surface area contributed by atoms with Gasteiger partial charge in [-0.3, -0.25) is 19.3 Å². The number of hydrogen-bond donors (Lipinski definition) is 2. The maximum absolute atomic E-state index is 12.9. The number of hydrogen-bond acceptors (Lipinski definition) is 8. The van der Waals surface area contributed by atoms with E-state index in [0.717, 1.165) is 4.90 Å². The summed E-state index contributed by atoms with van der Waals surface area (Å²) in [4.78, 5) is 49.8. The number of rotatable bonds is 12. The fourth-order valence-electron chi connectivity index (χ4n) is 3.65. The summed E-state index contributed by atoms with van der Waals surface area (Å²) < 4.78 is 16.0. The van der Waals surface area contributed by atoms with Gasteiger partial charge >= 0.3 is 6.09 Å². The standard InChI is InChI=1S/C22H35N3O7/c1-22(18(26)16-25-19(27)5-6-20(25)28)8-3-2-4-17(7-9-22)32-21(29)24-11-13-31-15-14-30-12-10-23/h2,4,17H,3,5-16,23H2,1H3,(H,24,29)/b4-2+/t17-,22+/m1/s1. The second-order valence-corrected chi connectivity index (χ2v) is 8.25. The fourth-order valence-corrected chi connectivity index (χ4v) is 3.65. The minimum atomic E-state index is -0.689. The van der Waals surface area contributed by atoms with E-state index in [-0.39, 0.29) is 37.0 Å². The Morgan fingerprint density at radius 1 is 1.12 bits per heavy atom. The molecule has 0 saturated carbocycles. The van der Waals surface area contributed by atoms with Crippen molar-refractivity contribution in [2.24, 2.45) is 11.1 Å². The van der Waals surface area contributed by atoms with Gasteiger partial charge in [-0.05, 0) is 31.8 Å². The second-order valence-electron chi connectivity index (χ2n) is 8.25. The van der Waals surface area contributed by atoms with Crippen LogP contribution in [0.2, 0.25) is 0 Å². The summed E-state index contributed by atoms with van der Waals surface area (Å²) in [6.07, 6.45) is 5.30. The van der Waals surface area contributed by atoms with E-state index in [9.17, 15) is 19.2 Å². The van der Waals surface area contributed by atoms with Gasteiger partial charge in [0.2, 0.25) is 11.8 Å². The van der Waals surface area contributed by atoms with E-state index >= 15 is 0 Å². The van der Waals surface area contributed by atoms with Crippen molar-refractivity contribution in [1.82, 2.24) is 10.2 Å². The Morgan fingerprint density at radius 3 is 2.50 bits per heavy atom. The van der Waals surface area contributed by atoms with Crippen LogP contribution in [0.1, 0.15) is 45.4 Å². The average Bonchev–Trinajstić information content (AvgIpc) is 3.07. The predicted molar refractivity (Wildman–Crippen MR) is 116 cm³/mol.